The van der Waals surface area contributed by atoms with Crippen LogP contribution in [-0.4, -0.2) is 50.9 Å². The number of carbonyl (C=O) groups excluding carboxylic acids is 2. The Balaban J connectivity index is 1.73. The molecule has 3 aromatic rings. The summed E-state index contributed by atoms with van der Waals surface area (Å²) >= 11 is 6.32. The lowest BCUT2D eigenvalue weighted by Gasteiger charge is -2.33. The zero-order valence-electron chi connectivity index (χ0n) is 25.2. The highest BCUT2D eigenvalue weighted by Gasteiger charge is 2.34. The number of nitrogens with one attached hydrogen (secondary N) is 1. The molecule has 10 heteroatoms. The van der Waals surface area contributed by atoms with Gasteiger partial charge in [-0.1, -0.05) is 78.4 Å². The zero-order chi connectivity index (χ0) is 31.1. The maximum absolute atomic E-state index is 14.2. The van der Waals surface area contributed by atoms with Crippen LogP contribution in [0.1, 0.15) is 55.7 Å². The molecule has 4 rings (SSSR count). The Morgan fingerprint density at radius 1 is 0.977 bits per heavy atom. The van der Waals surface area contributed by atoms with E-state index < -0.39 is 28.5 Å². The average molecular weight is 626 g/mol. The third-order valence-electron chi connectivity index (χ3n) is 7.85. The molecule has 2 amide bonds. The summed E-state index contributed by atoms with van der Waals surface area (Å²) in [6, 6.07) is 17.9. The van der Waals surface area contributed by atoms with Gasteiger partial charge in [-0.3, -0.25) is 13.9 Å². The number of anilines is 1. The smallest absolute Gasteiger partial charge is 0.264 e. The molecule has 3 aromatic carbocycles. The molecule has 0 heterocycles. The summed E-state index contributed by atoms with van der Waals surface area (Å²) < 4.78 is 34.8. The number of carbonyl (C=O) groups is 2. The molecule has 0 bridgehead atoms. The Morgan fingerprint density at radius 3 is 2.33 bits per heavy atom. The Hall–Kier alpha value is -3.56. The lowest BCUT2D eigenvalue weighted by molar-refractivity contribution is -0.139. The third-order valence-corrected chi connectivity index (χ3v) is 9.86. The Morgan fingerprint density at radius 2 is 1.67 bits per heavy atom. The number of methoxy groups -OCH3 is 1. The molecule has 230 valence electrons. The van der Waals surface area contributed by atoms with Crippen molar-refractivity contribution in [2.75, 3.05) is 18.0 Å². The van der Waals surface area contributed by atoms with Crippen LogP contribution >= 0.6 is 11.6 Å². The number of nitrogens with zero attached hydrogens (tertiary/aromatic N) is 2. The van der Waals surface area contributed by atoms with E-state index in [-0.39, 0.29) is 39.8 Å². The molecule has 0 aromatic heterocycles. The van der Waals surface area contributed by atoms with Gasteiger partial charge in [0.15, 0.2) is 0 Å². The largest absolute Gasteiger partial charge is 0.495 e. The molecule has 1 aliphatic carbocycles. The summed E-state index contributed by atoms with van der Waals surface area (Å²) in [7, 11) is -2.83. The van der Waals surface area contributed by atoms with Gasteiger partial charge in [0.1, 0.15) is 18.3 Å². The van der Waals surface area contributed by atoms with Crippen molar-refractivity contribution in [2.24, 2.45) is 0 Å². The molecule has 1 N–H and O–H groups in total. The van der Waals surface area contributed by atoms with Gasteiger partial charge < -0.3 is 15.0 Å². The van der Waals surface area contributed by atoms with Crippen molar-refractivity contribution >= 4 is 39.1 Å². The topological polar surface area (TPSA) is 96.0 Å². The predicted molar refractivity (Wildman–Crippen MR) is 170 cm³/mol. The van der Waals surface area contributed by atoms with Crippen molar-refractivity contribution in [3.8, 4) is 5.75 Å². The van der Waals surface area contributed by atoms with Crippen molar-refractivity contribution < 1.29 is 22.7 Å². The minimum Gasteiger partial charge on any atom is -0.495 e. The number of benzene rings is 3. The number of ether oxygens (including phenoxy) is 1. The summed E-state index contributed by atoms with van der Waals surface area (Å²) in [5.41, 5.74) is 2.86. The van der Waals surface area contributed by atoms with Crippen LogP contribution in [0.25, 0.3) is 0 Å². The molecule has 43 heavy (non-hydrogen) atoms. The molecule has 1 saturated carbocycles. The van der Waals surface area contributed by atoms with Crippen molar-refractivity contribution in [1.82, 2.24) is 10.2 Å². The number of hydrogen-bond donors (Lipinski definition) is 1. The highest BCUT2D eigenvalue weighted by atomic mass is 35.5. The van der Waals surface area contributed by atoms with Crippen LogP contribution in [0.3, 0.4) is 0 Å². The van der Waals surface area contributed by atoms with Crippen LogP contribution in [-0.2, 0) is 26.2 Å². The summed E-state index contributed by atoms with van der Waals surface area (Å²) in [6.45, 7) is 5.06. The van der Waals surface area contributed by atoms with Crippen LogP contribution in [0.2, 0.25) is 5.02 Å². The van der Waals surface area contributed by atoms with E-state index in [0.717, 1.165) is 53.1 Å². The molecular weight excluding hydrogens is 586 g/mol. The van der Waals surface area contributed by atoms with E-state index in [1.165, 1.54) is 30.2 Å². The lowest BCUT2D eigenvalue weighted by atomic mass is 9.95. The molecular formula is C33H40ClN3O5S. The maximum Gasteiger partial charge on any atom is 0.264 e. The van der Waals surface area contributed by atoms with Gasteiger partial charge >= 0.3 is 0 Å². The van der Waals surface area contributed by atoms with Crippen LogP contribution < -0.4 is 14.4 Å². The fourth-order valence-corrected chi connectivity index (χ4v) is 6.95. The number of sulfonamides is 1. The van der Waals surface area contributed by atoms with E-state index in [9.17, 15) is 18.0 Å². The molecule has 1 aliphatic rings. The Bertz CT molecular complexity index is 1540. The van der Waals surface area contributed by atoms with Crippen LogP contribution in [0, 0.1) is 13.8 Å². The molecule has 0 saturated heterocycles. The first-order valence-electron chi connectivity index (χ1n) is 14.6. The van der Waals surface area contributed by atoms with Gasteiger partial charge in [-0.2, -0.15) is 0 Å². The fourth-order valence-electron chi connectivity index (χ4n) is 5.37. The van der Waals surface area contributed by atoms with E-state index in [1.54, 1.807) is 31.2 Å². The molecule has 8 nitrogen and oxygen atoms in total. The summed E-state index contributed by atoms with van der Waals surface area (Å²) in [5.74, 6) is -0.562. The minimum absolute atomic E-state index is 0.0150. The van der Waals surface area contributed by atoms with Gasteiger partial charge in [0.2, 0.25) is 11.8 Å². The van der Waals surface area contributed by atoms with Crippen LogP contribution in [0.5, 0.6) is 5.75 Å². The first-order chi connectivity index (χ1) is 20.5. The van der Waals surface area contributed by atoms with Gasteiger partial charge in [0.25, 0.3) is 10.0 Å². The first kappa shape index (κ1) is 32.4. The second kappa shape index (κ2) is 14.3. The number of amides is 2. The first-order valence-corrected chi connectivity index (χ1v) is 16.4. The molecule has 1 atom stereocenters. The van der Waals surface area contributed by atoms with Gasteiger partial charge in [-0.05, 0) is 69.5 Å². The highest BCUT2D eigenvalue weighted by molar-refractivity contribution is 7.92. The lowest BCUT2D eigenvalue weighted by Crippen LogP contribution is -2.53. The summed E-state index contributed by atoms with van der Waals surface area (Å²) in [5, 5.41) is 3.40. The summed E-state index contributed by atoms with van der Waals surface area (Å²) in [6.07, 6.45) is 5.07. The van der Waals surface area contributed by atoms with E-state index >= 15 is 0 Å². The maximum atomic E-state index is 14.2. The van der Waals surface area contributed by atoms with Crippen molar-refractivity contribution in [3.05, 3.63) is 88.4 Å². The Kier molecular flexibility index (Phi) is 10.7. The minimum atomic E-state index is -4.25. The van der Waals surface area contributed by atoms with Crippen molar-refractivity contribution in [1.29, 1.82) is 0 Å². The number of halogens is 1. The predicted octanol–water partition coefficient (Wildman–Crippen LogP) is 6.03. The number of rotatable bonds is 11. The van der Waals surface area contributed by atoms with Crippen molar-refractivity contribution in [2.45, 2.75) is 76.4 Å². The SMILES string of the molecule is COc1ccc(Cl)cc1N(CC(=O)N(Cc1cccc(C)c1)C(C)C(=O)NC1CCCCC1)S(=O)(=O)c1ccc(C)cc1. The standard InChI is InChI=1S/C33H40ClN3O5S/c1-23-13-16-29(17-14-23)43(40,41)37(30-20-27(34)15-18-31(30)42-4)22-32(38)36(21-26-10-8-9-24(2)19-26)25(3)33(39)35-28-11-6-5-7-12-28/h8-10,13-20,25,28H,5-7,11-12,21-22H2,1-4H3,(H,35,39). The monoisotopic (exact) mass is 625 g/mol. The molecule has 1 unspecified atom stereocenters. The van der Waals surface area contributed by atoms with E-state index in [0.29, 0.717) is 0 Å². The Labute approximate surface area is 260 Å². The highest BCUT2D eigenvalue weighted by Crippen LogP contribution is 2.35. The molecule has 0 radical (unpaired) electrons. The second-order valence-corrected chi connectivity index (χ2v) is 13.5. The van der Waals surface area contributed by atoms with Gasteiger partial charge in [0, 0.05) is 17.6 Å². The van der Waals surface area contributed by atoms with Gasteiger partial charge in [0.05, 0.1) is 17.7 Å². The van der Waals surface area contributed by atoms with Crippen molar-refractivity contribution in [3.63, 3.8) is 0 Å². The van der Waals surface area contributed by atoms with Gasteiger partial charge in [-0.15, -0.1) is 0 Å². The fraction of sp³-hybridized carbons (Fsp3) is 0.394. The molecule has 0 aliphatic heterocycles. The zero-order valence-corrected chi connectivity index (χ0v) is 26.7. The average Bonchev–Trinajstić information content (AvgIpc) is 2.99. The van der Waals surface area contributed by atoms with E-state index in [4.69, 9.17) is 16.3 Å². The number of hydrogen-bond acceptors (Lipinski definition) is 5. The normalized spacial score (nSPS) is 14.5. The van der Waals surface area contributed by atoms with Gasteiger partial charge in [-0.25, -0.2) is 8.42 Å². The molecule has 1 fully saturated rings. The van der Waals surface area contributed by atoms with E-state index in [1.807, 2.05) is 38.1 Å². The van der Waals surface area contributed by atoms with E-state index in [2.05, 4.69) is 5.32 Å². The number of aryl methyl sites for hydroxylation is 2. The second-order valence-electron chi connectivity index (χ2n) is 11.2. The third kappa shape index (κ3) is 8.09. The molecule has 0 spiro atoms. The summed E-state index contributed by atoms with van der Waals surface area (Å²) in [4.78, 5) is 29.2. The van der Waals surface area contributed by atoms with Crippen LogP contribution in [0.4, 0.5) is 5.69 Å². The van der Waals surface area contributed by atoms with Crippen LogP contribution in [0.15, 0.2) is 71.6 Å². The quantitative estimate of drug-likeness (QED) is 0.281.